The molecule has 0 unspecified atom stereocenters. The lowest BCUT2D eigenvalue weighted by Gasteiger charge is -2.13. The van der Waals surface area contributed by atoms with Crippen LogP contribution in [0.2, 0.25) is 0 Å². The second-order valence-electron chi connectivity index (χ2n) is 6.37. The van der Waals surface area contributed by atoms with Gasteiger partial charge in [0.15, 0.2) is 17.3 Å². The molecule has 5 nitrogen and oxygen atoms in total. The zero-order valence-electron chi connectivity index (χ0n) is 16.6. The largest absolute Gasteiger partial charge is 0.493 e. The quantitative estimate of drug-likeness (QED) is 0.498. The van der Waals surface area contributed by atoms with Crippen molar-refractivity contribution in [3.63, 3.8) is 0 Å². The maximum absolute atomic E-state index is 12.5. The SMILES string of the molecule is COc1ccc(/C=C/C(=O)c2ccc(CCN(C)C)cc2)c(OC)c1OC. The Morgan fingerprint density at radius 1 is 0.926 bits per heavy atom. The molecule has 0 amide bonds. The van der Waals surface area contributed by atoms with Crippen molar-refractivity contribution in [3.05, 3.63) is 59.2 Å². The molecule has 0 aromatic heterocycles. The van der Waals surface area contributed by atoms with Crippen LogP contribution in [0.5, 0.6) is 17.2 Å². The Bertz CT molecular complexity index is 795. The van der Waals surface area contributed by atoms with E-state index in [9.17, 15) is 4.79 Å². The van der Waals surface area contributed by atoms with Crippen molar-refractivity contribution < 1.29 is 19.0 Å². The third kappa shape index (κ3) is 5.34. The second kappa shape index (κ2) is 9.78. The van der Waals surface area contributed by atoms with Crippen LogP contribution in [0.15, 0.2) is 42.5 Å². The molecule has 0 N–H and O–H groups in total. The molecule has 0 radical (unpaired) electrons. The van der Waals surface area contributed by atoms with Gasteiger partial charge in [0.25, 0.3) is 0 Å². The molecular formula is C22H27NO4. The van der Waals surface area contributed by atoms with Gasteiger partial charge in [-0.3, -0.25) is 4.79 Å². The van der Waals surface area contributed by atoms with Crippen molar-refractivity contribution >= 4 is 11.9 Å². The van der Waals surface area contributed by atoms with Gasteiger partial charge in [-0.1, -0.05) is 24.3 Å². The normalized spacial score (nSPS) is 11.0. The number of allylic oxidation sites excluding steroid dienone is 1. The van der Waals surface area contributed by atoms with Gasteiger partial charge < -0.3 is 19.1 Å². The predicted octanol–water partition coefficient (Wildman–Crippen LogP) is 3.71. The van der Waals surface area contributed by atoms with Gasteiger partial charge in [0.2, 0.25) is 5.75 Å². The van der Waals surface area contributed by atoms with E-state index in [1.165, 1.54) is 5.56 Å². The third-order valence-corrected chi connectivity index (χ3v) is 4.24. The highest BCUT2D eigenvalue weighted by Gasteiger charge is 2.14. The number of ketones is 1. The summed E-state index contributed by atoms with van der Waals surface area (Å²) in [5.74, 6) is 1.54. The number of likely N-dealkylation sites (N-methyl/N-ethyl adjacent to an activating group) is 1. The van der Waals surface area contributed by atoms with Crippen LogP contribution in [0.25, 0.3) is 6.08 Å². The molecule has 0 heterocycles. The molecule has 2 aromatic rings. The van der Waals surface area contributed by atoms with Crippen LogP contribution in [0.1, 0.15) is 21.5 Å². The first-order valence-corrected chi connectivity index (χ1v) is 8.75. The van der Waals surface area contributed by atoms with Gasteiger partial charge in [0, 0.05) is 17.7 Å². The number of hydrogen-bond donors (Lipinski definition) is 0. The average molecular weight is 369 g/mol. The van der Waals surface area contributed by atoms with Gasteiger partial charge >= 0.3 is 0 Å². The van der Waals surface area contributed by atoms with E-state index in [1.807, 2.05) is 44.4 Å². The summed E-state index contributed by atoms with van der Waals surface area (Å²) in [7, 11) is 8.77. The van der Waals surface area contributed by atoms with E-state index in [0.29, 0.717) is 22.8 Å². The van der Waals surface area contributed by atoms with E-state index in [-0.39, 0.29) is 5.78 Å². The minimum Gasteiger partial charge on any atom is -0.493 e. The Morgan fingerprint density at radius 3 is 2.15 bits per heavy atom. The lowest BCUT2D eigenvalue weighted by atomic mass is 10.0. The summed E-state index contributed by atoms with van der Waals surface area (Å²) in [6.45, 7) is 0.978. The molecule has 0 aliphatic rings. The molecule has 0 fully saturated rings. The molecule has 0 aliphatic heterocycles. The highest BCUT2D eigenvalue weighted by molar-refractivity contribution is 6.07. The number of methoxy groups -OCH3 is 3. The topological polar surface area (TPSA) is 48.0 Å². The predicted molar refractivity (Wildman–Crippen MR) is 108 cm³/mol. The number of carbonyl (C=O) groups is 1. The van der Waals surface area contributed by atoms with Crippen LogP contribution in [0.3, 0.4) is 0 Å². The standard InChI is InChI=1S/C22H27NO4/c1-23(2)15-14-16-6-8-17(9-7-16)19(24)12-10-18-11-13-20(25-3)22(27-5)21(18)26-4/h6-13H,14-15H2,1-5H3/b12-10+. The van der Waals surface area contributed by atoms with E-state index in [4.69, 9.17) is 14.2 Å². The summed E-state index contributed by atoms with van der Waals surface area (Å²) < 4.78 is 16.1. The smallest absolute Gasteiger partial charge is 0.203 e. The zero-order valence-corrected chi connectivity index (χ0v) is 16.6. The number of nitrogens with zero attached hydrogens (tertiary/aromatic N) is 1. The van der Waals surface area contributed by atoms with E-state index < -0.39 is 0 Å². The summed E-state index contributed by atoms with van der Waals surface area (Å²) >= 11 is 0. The molecule has 2 rings (SSSR count). The number of carbonyl (C=O) groups excluding carboxylic acids is 1. The van der Waals surface area contributed by atoms with Crippen LogP contribution in [-0.4, -0.2) is 52.7 Å². The molecule has 5 heteroatoms. The Hall–Kier alpha value is -2.79. The third-order valence-electron chi connectivity index (χ3n) is 4.24. The van der Waals surface area contributed by atoms with Crippen molar-refractivity contribution in [2.24, 2.45) is 0 Å². The summed E-state index contributed by atoms with van der Waals surface area (Å²) in [4.78, 5) is 14.6. The molecule has 0 saturated carbocycles. The van der Waals surface area contributed by atoms with Crippen molar-refractivity contribution in [1.82, 2.24) is 4.90 Å². The minimum absolute atomic E-state index is 0.0639. The fourth-order valence-corrected chi connectivity index (χ4v) is 2.71. The summed E-state index contributed by atoms with van der Waals surface area (Å²) in [6, 6.07) is 11.3. The highest BCUT2D eigenvalue weighted by Crippen LogP contribution is 2.40. The molecule has 2 aromatic carbocycles. The molecule has 0 atom stereocenters. The number of ether oxygens (including phenoxy) is 3. The Kier molecular flexibility index (Phi) is 7.44. The monoisotopic (exact) mass is 369 g/mol. The molecule has 0 bridgehead atoms. The van der Waals surface area contributed by atoms with Crippen molar-refractivity contribution in [3.8, 4) is 17.2 Å². The van der Waals surface area contributed by atoms with Gasteiger partial charge in [-0.05, 0) is 50.4 Å². The van der Waals surface area contributed by atoms with Gasteiger partial charge in [-0.25, -0.2) is 0 Å². The second-order valence-corrected chi connectivity index (χ2v) is 6.37. The molecular weight excluding hydrogens is 342 g/mol. The van der Waals surface area contributed by atoms with Crippen molar-refractivity contribution in [1.29, 1.82) is 0 Å². The molecule has 144 valence electrons. The Labute approximate surface area is 161 Å². The molecule has 0 saturated heterocycles. The van der Waals surface area contributed by atoms with Crippen molar-refractivity contribution in [2.75, 3.05) is 42.0 Å². The first kappa shape index (κ1) is 20.5. The first-order valence-electron chi connectivity index (χ1n) is 8.75. The first-order chi connectivity index (χ1) is 13.0. The lowest BCUT2D eigenvalue weighted by Crippen LogP contribution is -2.15. The van der Waals surface area contributed by atoms with Crippen LogP contribution in [0.4, 0.5) is 0 Å². The number of benzene rings is 2. The number of hydrogen-bond acceptors (Lipinski definition) is 5. The van der Waals surface area contributed by atoms with E-state index in [0.717, 1.165) is 18.5 Å². The van der Waals surface area contributed by atoms with E-state index in [1.54, 1.807) is 39.5 Å². The minimum atomic E-state index is -0.0639. The fourth-order valence-electron chi connectivity index (χ4n) is 2.71. The average Bonchev–Trinajstić information content (AvgIpc) is 2.69. The van der Waals surface area contributed by atoms with E-state index in [2.05, 4.69) is 4.90 Å². The van der Waals surface area contributed by atoms with Crippen LogP contribution >= 0.6 is 0 Å². The van der Waals surface area contributed by atoms with Crippen LogP contribution < -0.4 is 14.2 Å². The Morgan fingerprint density at radius 2 is 1.59 bits per heavy atom. The lowest BCUT2D eigenvalue weighted by molar-refractivity contribution is 0.104. The van der Waals surface area contributed by atoms with Gasteiger partial charge in [0.1, 0.15) is 0 Å². The Balaban J connectivity index is 2.17. The molecule has 0 spiro atoms. The van der Waals surface area contributed by atoms with Gasteiger partial charge in [-0.2, -0.15) is 0 Å². The summed E-state index contributed by atoms with van der Waals surface area (Å²) in [5.41, 5.74) is 2.61. The van der Waals surface area contributed by atoms with E-state index >= 15 is 0 Å². The summed E-state index contributed by atoms with van der Waals surface area (Å²) in [5, 5.41) is 0. The maximum Gasteiger partial charge on any atom is 0.203 e. The fraction of sp³-hybridized carbons (Fsp3) is 0.318. The van der Waals surface area contributed by atoms with Crippen LogP contribution in [-0.2, 0) is 6.42 Å². The molecule has 27 heavy (non-hydrogen) atoms. The van der Waals surface area contributed by atoms with Crippen LogP contribution in [0, 0.1) is 0 Å². The zero-order chi connectivity index (χ0) is 19.8. The highest BCUT2D eigenvalue weighted by atomic mass is 16.5. The van der Waals surface area contributed by atoms with Gasteiger partial charge in [0.05, 0.1) is 21.3 Å². The maximum atomic E-state index is 12.5. The molecule has 0 aliphatic carbocycles. The van der Waals surface area contributed by atoms with Crippen molar-refractivity contribution in [2.45, 2.75) is 6.42 Å². The summed E-state index contributed by atoms with van der Waals surface area (Å²) in [6.07, 6.45) is 4.22. The number of rotatable bonds is 9. The van der Waals surface area contributed by atoms with Gasteiger partial charge in [-0.15, -0.1) is 0 Å².